The van der Waals surface area contributed by atoms with Gasteiger partial charge in [-0.05, 0) is 6.07 Å². The Morgan fingerprint density at radius 1 is 1.38 bits per heavy atom. The maximum atomic E-state index is 12.1. The predicted octanol–water partition coefficient (Wildman–Crippen LogP) is 0.852. The minimum atomic E-state index is -4.50. The van der Waals surface area contributed by atoms with E-state index in [4.69, 9.17) is 5.73 Å². The molecule has 0 atom stereocenters. The van der Waals surface area contributed by atoms with Crippen LogP contribution in [0.3, 0.4) is 0 Å². The van der Waals surface area contributed by atoms with Crippen molar-refractivity contribution in [1.82, 2.24) is 4.98 Å². The lowest BCUT2D eigenvalue weighted by Crippen LogP contribution is -2.16. The summed E-state index contributed by atoms with van der Waals surface area (Å²) in [4.78, 5) is 12.9. The van der Waals surface area contributed by atoms with Crippen molar-refractivity contribution in [2.75, 3.05) is 0 Å². The van der Waals surface area contributed by atoms with Crippen LogP contribution in [0.1, 0.15) is 11.3 Å². The first-order chi connectivity index (χ1) is 5.93. The Morgan fingerprint density at radius 2 is 2.00 bits per heavy atom. The molecule has 1 aromatic rings. The van der Waals surface area contributed by atoms with E-state index in [2.05, 4.69) is 4.98 Å². The van der Waals surface area contributed by atoms with Crippen LogP contribution in [0.4, 0.5) is 13.2 Å². The van der Waals surface area contributed by atoms with Gasteiger partial charge < -0.3 is 10.7 Å². The molecule has 0 bridgehead atoms. The maximum absolute atomic E-state index is 12.1. The standard InChI is InChI=1S/C7H7F3N2O/c8-7(9,10)4-1-5(3-11)12-6(13)2-4/h1-2H,3,11H2,(H,12,13). The molecule has 0 spiro atoms. The van der Waals surface area contributed by atoms with Crippen molar-refractivity contribution >= 4 is 0 Å². The summed E-state index contributed by atoms with van der Waals surface area (Å²) >= 11 is 0. The number of aromatic amines is 1. The maximum Gasteiger partial charge on any atom is 0.416 e. The van der Waals surface area contributed by atoms with Gasteiger partial charge in [-0.15, -0.1) is 0 Å². The molecule has 0 saturated heterocycles. The van der Waals surface area contributed by atoms with Crippen molar-refractivity contribution in [2.24, 2.45) is 5.73 Å². The second-order valence-corrected chi connectivity index (χ2v) is 2.46. The van der Waals surface area contributed by atoms with Gasteiger partial charge in [-0.1, -0.05) is 0 Å². The summed E-state index contributed by atoms with van der Waals surface area (Å²) in [6.45, 7) is -0.126. The number of pyridine rings is 1. The van der Waals surface area contributed by atoms with Crippen LogP contribution >= 0.6 is 0 Å². The van der Waals surface area contributed by atoms with Crippen molar-refractivity contribution in [3.05, 3.63) is 33.7 Å². The molecule has 0 aliphatic heterocycles. The SMILES string of the molecule is NCc1cc(C(F)(F)F)cc(=O)[nH]1. The third kappa shape index (κ3) is 2.32. The Bertz CT molecular complexity index is 355. The van der Waals surface area contributed by atoms with Crippen LogP contribution in [0.5, 0.6) is 0 Å². The van der Waals surface area contributed by atoms with Crippen molar-refractivity contribution in [2.45, 2.75) is 12.7 Å². The average molecular weight is 192 g/mol. The molecule has 0 saturated carbocycles. The lowest BCUT2D eigenvalue weighted by atomic mass is 10.2. The first kappa shape index (κ1) is 9.79. The molecule has 72 valence electrons. The van der Waals surface area contributed by atoms with Gasteiger partial charge in [0.25, 0.3) is 0 Å². The number of nitrogens with two attached hydrogens (primary N) is 1. The normalized spacial score (nSPS) is 11.7. The summed E-state index contributed by atoms with van der Waals surface area (Å²) in [5.74, 6) is 0. The van der Waals surface area contributed by atoms with Gasteiger partial charge in [0.05, 0.1) is 5.56 Å². The number of hydrogen-bond donors (Lipinski definition) is 2. The zero-order valence-electron chi connectivity index (χ0n) is 6.48. The summed E-state index contributed by atoms with van der Waals surface area (Å²) in [6, 6.07) is 1.32. The zero-order chi connectivity index (χ0) is 10.1. The van der Waals surface area contributed by atoms with E-state index in [1.54, 1.807) is 0 Å². The lowest BCUT2D eigenvalue weighted by Gasteiger charge is -2.06. The number of aromatic nitrogens is 1. The zero-order valence-corrected chi connectivity index (χ0v) is 6.48. The van der Waals surface area contributed by atoms with E-state index in [0.717, 1.165) is 6.07 Å². The molecule has 13 heavy (non-hydrogen) atoms. The van der Waals surface area contributed by atoms with Gasteiger partial charge in [-0.2, -0.15) is 13.2 Å². The van der Waals surface area contributed by atoms with Crippen LogP contribution in [-0.2, 0) is 12.7 Å². The van der Waals surface area contributed by atoms with Crippen LogP contribution in [0.2, 0.25) is 0 Å². The fourth-order valence-electron chi connectivity index (χ4n) is 0.875. The molecule has 3 nitrogen and oxygen atoms in total. The summed E-state index contributed by atoms with van der Waals surface area (Å²) < 4.78 is 36.3. The average Bonchev–Trinajstić information content (AvgIpc) is 2.01. The van der Waals surface area contributed by atoms with Crippen LogP contribution < -0.4 is 11.3 Å². The van der Waals surface area contributed by atoms with E-state index in [1.165, 1.54) is 0 Å². The molecule has 0 unspecified atom stereocenters. The van der Waals surface area contributed by atoms with Gasteiger partial charge >= 0.3 is 6.18 Å². The molecule has 0 aliphatic carbocycles. The van der Waals surface area contributed by atoms with E-state index < -0.39 is 17.3 Å². The topological polar surface area (TPSA) is 58.9 Å². The molecule has 0 aromatic carbocycles. The highest BCUT2D eigenvalue weighted by molar-refractivity contribution is 5.19. The number of H-pyrrole nitrogens is 1. The highest BCUT2D eigenvalue weighted by Crippen LogP contribution is 2.28. The summed E-state index contributed by atoms with van der Waals surface area (Å²) in [6.07, 6.45) is -4.50. The Hall–Kier alpha value is -1.30. The minimum Gasteiger partial charge on any atom is -0.325 e. The second kappa shape index (κ2) is 3.21. The van der Waals surface area contributed by atoms with Gasteiger partial charge in [0.1, 0.15) is 0 Å². The molecule has 0 aliphatic rings. The third-order valence-corrected chi connectivity index (χ3v) is 1.45. The predicted molar refractivity (Wildman–Crippen MR) is 40.0 cm³/mol. The molecule has 1 heterocycles. The quantitative estimate of drug-likeness (QED) is 0.693. The van der Waals surface area contributed by atoms with Gasteiger partial charge in [0, 0.05) is 18.3 Å². The summed E-state index contributed by atoms with van der Waals surface area (Å²) in [5, 5.41) is 0. The van der Waals surface area contributed by atoms with Crippen LogP contribution in [0, 0.1) is 0 Å². The highest BCUT2D eigenvalue weighted by Gasteiger charge is 2.31. The third-order valence-electron chi connectivity index (χ3n) is 1.45. The monoisotopic (exact) mass is 192 g/mol. The fourth-order valence-corrected chi connectivity index (χ4v) is 0.875. The number of nitrogens with one attached hydrogen (secondary N) is 1. The van der Waals surface area contributed by atoms with Crippen LogP contribution in [-0.4, -0.2) is 4.98 Å². The van der Waals surface area contributed by atoms with Crippen molar-refractivity contribution in [1.29, 1.82) is 0 Å². The van der Waals surface area contributed by atoms with E-state index in [-0.39, 0.29) is 12.2 Å². The van der Waals surface area contributed by atoms with Crippen molar-refractivity contribution in [3.63, 3.8) is 0 Å². The fraction of sp³-hybridized carbons (Fsp3) is 0.286. The molecule has 3 N–H and O–H groups in total. The minimum absolute atomic E-state index is 0.0693. The van der Waals surface area contributed by atoms with E-state index >= 15 is 0 Å². The molecular weight excluding hydrogens is 185 g/mol. The number of alkyl halides is 3. The molecule has 1 rings (SSSR count). The van der Waals surface area contributed by atoms with Gasteiger partial charge in [0.2, 0.25) is 5.56 Å². The molecule has 0 amide bonds. The molecule has 0 fully saturated rings. The van der Waals surface area contributed by atoms with Crippen LogP contribution in [0.15, 0.2) is 16.9 Å². The Kier molecular flexibility index (Phi) is 2.42. The largest absolute Gasteiger partial charge is 0.416 e. The Balaban J connectivity index is 3.24. The van der Waals surface area contributed by atoms with Crippen molar-refractivity contribution in [3.8, 4) is 0 Å². The van der Waals surface area contributed by atoms with Gasteiger partial charge in [0.15, 0.2) is 0 Å². The Morgan fingerprint density at radius 3 is 2.46 bits per heavy atom. The van der Waals surface area contributed by atoms with Gasteiger partial charge in [-0.3, -0.25) is 4.79 Å². The molecule has 6 heteroatoms. The smallest absolute Gasteiger partial charge is 0.325 e. The highest BCUT2D eigenvalue weighted by atomic mass is 19.4. The van der Waals surface area contributed by atoms with E-state index in [1.807, 2.05) is 0 Å². The first-order valence-electron chi connectivity index (χ1n) is 3.44. The van der Waals surface area contributed by atoms with Crippen molar-refractivity contribution < 1.29 is 13.2 Å². The van der Waals surface area contributed by atoms with E-state index in [9.17, 15) is 18.0 Å². The lowest BCUT2D eigenvalue weighted by molar-refractivity contribution is -0.137. The summed E-state index contributed by atoms with van der Waals surface area (Å²) in [7, 11) is 0. The Labute approximate surface area is 71.4 Å². The first-order valence-corrected chi connectivity index (χ1v) is 3.44. The second-order valence-electron chi connectivity index (χ2n) is 2.46. The number of hydrogen-bond acceptors (Lipinski definition) is 2. The van der Waals surface area contributed by atoms with Crippen LogP contribution in [0.25, 0.3) is 0 Å². The number of halogens is 3. The van der Waals surface area contributed by atoms with Gasteiger partial charge in [-0.25, -0.2) is 0 Å². The number of rotatable bonds is 1. The summed E-state index contributed by atoms with van der Waals surface area (Å²) in [5.41, 5.74) is 3.39. The molecular formula is C7H7F3N2O. The molecule has 1 aromatic heterocycles. The van der Waals surface area contributed by atoms with E-state index in [0.29, 0.717) is 6.07 Å². The molecule has 0 radical (unpaired) electrons.